The van der Waals surface area contributed by atoms with Crippen molar-refractivity contribution in [3.8, 4) is 0 Å². The van der Waals surface area contributed by atoms with E-state index in [1.165, 1.54) is 19.3 Å². The van der Waals surface area contributed by atoms with Gasteiger partial charge < -0.3 is 10.1 Å². The van der Waals surface area contributed by atoms with Crippen LogP contribution in [0.15, 0.2) is 12.1 Å². The molecule has 0 aromatic carbocycles. The first-order chi connectivity index (χ1) is 9.61. The Bertz CT molecular complexity index is 410. The number of esters is 1. The highest BCUT2D eigenvalue weighted by molar-refractivity contribution is 6.32. The molecule has 1 rings (SSSR count). The lowest BCUT2D eigenvalue weighted by Gasteiger charge is -2.07. The summed E-state index contributed by atoms with van der Waals surface area (Å²) in [5, 5.41) is 3.64. The van der Waals surface area contributed by atoms with Gasteiger partial charge in [0, 0.05) is 0 Å². The van der Waals surface area contributed by atoms with Crippen LogP contribution in [0.5, 0.6) is 0 Å². The molecule has 0 amide bonds. The molecule has 1 aromatic heterocycles. The standard InChI is InChI=1S/C14H20Cl2N2O2.ClH/c1-2-3-4-5-6-17-9-14(19)20-10-11-7-12(15)18-13(16)8-11;/h7-8,17H,2-6,9-10H2,1H3;1H. The second-order valence-corrected chi connectivity index (χ2v) is 5.29. The minimum atomic E-state index is -0.287. The molecule has 0 saturated carbocycles. The maximum absolute atomic E-state index is 11.5. The summed E-state index contributed by atoms with van der Waals surface area (Å²) in [7, 11) is 0. The van der Waals surface area contributed by atoms with Gasteiger partial charge in [0.2, 0.25) is 0 Å². The SMILES string of the molecule is CCCCCCNCC(=O)OCc1cc(Cl)nc(Cl)c1.Cl. The summed E-state index contributed by atoms with van der Waals surface area (Å²) in [5.74, 6) is -0.287. The fraction of sp³-hybridized carbons (Fsp3) is 0.571. The van der Waals surface area contributed by atoms with Gasteiger partial charge in [0.1, 0.15) is 16.9 Å². The summed E-state index contributed by atoms with van der Waals surface area (Å²) < 4.78 is 5.12. The Morgan fingerprint density at radius 3 is 2.52 bits per heavy atom. The van der Waals surface area contributed by atoms with Crippen LogP contribution in [0.4, 0.5) is 0 Å². The Morgan fingerprint density at radius 2 is 1.90 bits per heavy atom. The molecule has 0 radical (unpaired) electrons. The van der Waals surface area contributed by atoms with E-state index < -0.39 is 0 Å². The monoisotopic (exact) mass is 354 g/mol. The number of rotatable bonds is 9. The summed E-state index contributed by atoms with van der Waals surface area (Å²) in [5.41, 5.74) is 0.728. The molecule has 1 N–H and O–H groups in total. The topological polar surface area (TPSA) is 51.2 Å². The molecule has 0 aliphatic heterocycles. The van der Waals surface area contributed by atoms with Crippen LogP contribution < -0.4 is 5.32 Å². The van der Waals surface area contributed by atoms with Crippen LogP contribution in [0.1, 0.15) is 38.2 Å². The molecule has 120 valence electrons. The molecule has 0 spiro atoms. The van der Waals surface area contributed by atoms with Crippen molar-refractivity contribution in [1.82, 2.24) is 10.3 Å². The van der Waals surface area contributed by atoms with Gasteiger partial charge in [-0.3, -0.25) is 4.79 Å². The Kier molecular flexibility index (Phi) is 11.7. The number of aromatic nitrogens is 1. The molecule has 1 aromatic rings. The average Bonchev–Trinajstić information content (AvgIpc) is 2.39. The molecule has 0 saturated heterocycles. The van der Waals surface area contributed by atoms with E-state index in [1.54, 1.807) is 12.1 Å². The van der Waals surface area contributed by atoms with Crippen molar-refractivity contribution in [3.63, 3.8) is 0 Å². The van der Waals surface area contributed by atoms with Gasteiger partial charge in [-0.25, -0.2) is 4.98 Å². The van der Waals surface area contributed by atoms with Crippen LogP contribution in [-0.4, -0.2) is 24.0 Å². The first-order valence-corrected chi connectivity index (χ1v) is 7.55. The maximum atomic E-state index is 11.5. The Morgan fingerprint density at radius 1 is 1.24 bits per heavy atom. The smallest absolute Gasteiger partial charge is 0.320 e. The number of nitrogens with one attached hydrogen (secondary N) is 1. The third-order valence-corrected chi connectivity index (χ3v) is 3.09. The van der Waals surface area contributed by atoms with Crippen molar-refractivity contribution in [1.29, 1.82) is 0 Å². The van der Waals surface area contributed by atoms with Gasteiger partial charge in [0.05, 0.1) is 6.54 Å². The van der Waals surface area contributed by atoms with E-state index in [0.29, 0.717) is 0 Å². The third kappa shape index (κ3) is 9.91. The molecule has 4 nitrogen and oxygen atoms in total. The second-order valence-electron chi connectivity index (χ2n) is 4.52. The fourth-order valence-corrected chi connectivity index (χ4v) is 2.19. The number of hydrogen-bond acceptors (Lipinski definition) is 4. The highest BCUT2D eigenvalue weighted by Gasteiger charge is 2.05. The second kappa shape index (κ2) is 12.0. The summed E-state index contributed by atoms with van der Waals surface area (Å²) in [6, 6.07) is 3.25. The van der Waals surface area contributed by atoms with E-state index >= 15 is 0 Å². The number of nitrogens with zero attached hydrogens (tertiary/aromatic N) is 1. The number of halogens is 3. The van der Waals surface area contributed by atoms with E-state index in [4.69, 9.17) is 27.9 Å². The van der Waals surface area contributed by atoms with Crippen LogP contribution in [0, 0.1) is 0 Å². The van der Waals surface area contributed by atoms with E-state index in [0.717, 1.165) is 18.5 Å². The summed E-state index contributed by atoms with van der Waals surface area (Å²) >= 11 is 11.5. The molecule has 0 bridgehead atoms. The van der Waals surface area contributed by atoms with Crippen molar-refractivity contribution in [2.75, 3.05) is 13.1 Å². The molecular formula is C14H21Cl3N2O2. The molecule has 0 atom stereocenters. The average molecular weight is 356 g/mol. The number of ether oxygens (including phenoxy) is 1. The number of unbranched alkanes of at least 4 members (excludes halogenated alkanes) is 3. The Hall–Kier alpha value is -0.550. The molecule has 0 unspecified atom stereocenters. The normalized spacial score (nSPS) is 10.0. The molecule has 0 aliphatic carbocycles. The predicted molar refractivity (Wildman–Crippen MR) is 88.3 cm³/mol. The molecule has 0 aliphatic rings. The molecule has 21 heavy (non-hydrogen) atoms. The number of pyridine rings is 1. The molecule has 0 fully saturated rings. The zero-order chi connectivity index (χ0) is 14.8. The van der Waals surface area contributed by atoms with Crippen molar-refractivity contribution in [3.05, 3.63) is 28.0 Å². The molecular weight excluding hydrogens is 335 g/mol. The quantitative estimate of drug-likeness (QED) is 0.413. The van der Waals surface area contributed by atoms with Crippen LogP contribution in [0.2, 0.25) is 10.3 Å². The van der Waals surface area contributed by atoms with Crippen LogP contribution in [0.25, 0.3) is 0 Å². The lowest BCUT2D eigenvalue weighted by molar-refractivity contribution is -0.143. The van der Waals surface area contributed by atoms with Crippen LogP contribution >= 0.6 is 35.6 Å². The maximum Gasteiger partial charge on any atom is 0.320 e. The summed E-state index contributed by atoms with van der Waals surface area (Å²) in [4.78, 5) is 15.3. The largest absolute Gasteiger partial charge is 0.460 e. The highest BCUT2D eigenvalue weighted by Crippen LogP contribution is 2.15. The zero-order valence-corrected chi connectivity index (χ0v) is 14.4. The Labute approximate surface area is 142 Å². The fourth-order valence-electron chi connectivity index (χ4n) is 1.68. The van der Waals surface area contributed by atoms with Gasteiger partial charge in [-0.15, -0.1) is 12.4 Å². The van der Waals surface area contributed by atoms with Crippen molar-refractivity contribution >= 4 is 41.6 Å². The van der Waals surface area contributed by atoms with E-state index in [9.17, 15) is 4.79 Å². The minimum absolute atomic E-state index is 0. The van der Waals surface area contributed by atoms with Crippen molar-refractivity contribution < 1.29 is 9.53 Å². The van der Waals surface area contributed by atoms with Crippen molar-refractivity contribution in [2.24, 2.45) is 0 Å². The van der Waals surface area contributed by atoms with E-state index in [1.807, 2.05) is 0 Å². The van der Waals surface area contributed by atoms with Gasteiger partial charge in [-0.2, -0.15) is 0 Å². The lowest BCUT2D eigenvalue weighted by Crippen LogP contribution is -2.25. The number of carbonyl (C=O) groups is 1. The van der Waals surface area contributed by atoms with Gasteiger partial charge in [-0.1, -0.05) is 49.4 Å². The van der Waals surface area contributed by atoms with Crippen molar-refractivity contribution in [2.45, 2.75) is 39.2 Å². The van der Waals surface area contributed by atoms with Gasteiger partial charge >= 0.3 is 5.97 Å². The predicted octanol–water partition coefficient (Wildman–Crippen LogP) is 4.02. The zero-order valence-electron chi connectivity index (χ0n) is 12.0. The highest BCUT2D eigenvalue weighted by atomic mass is 35.5. The van der Waals surface area contributed by atoms with Gasteiger partial charge in [0.25, 0.3) is 0 Å². The number of hydrogen-bond donors (Lipinski definition) is 1. The third-order valence-electron chi connectivity index (χ3n) is 2.70. The van der Waals surface area contributed by atoms with Gasteiger partial charge in [-0.05, 0) is 30.7 Å². The lowest BCUT2D eigenvalue weighted by atomic mass is 10.2. The van der Waals surface area contributed by atoms with E-state index in [-0.39, 0.29) is 41.8 Å². The van der Waals surface area contributed by atoms with Crippen LogP contribution in [-0.2, 0) is 16.1 Å². The Balaban J connectivity index is 0.00000400. The number of carbonyl (C=O) groups excluding carboxylic acids is 1. The summed E-state index contributed by atoms with van der Waals surface area (Å²) in [6.07, 6.45) is 4.71. The minimum Gasteiger partial charge on any atom is -0.460 e. The molecule has 7 heteroatoms. The molecule has 1 heterocycles. The van der Waals surface area contributed by atoms with E-state index in [2.05, 4.69) is 17.2 Å². The summed E-state index contributed by atoms with van der Waals surface area (Å²) in [6.45, 7) is 3.38. The first-order valence-electron chi connectivity index (χ1n) is 6.80. The first kappa shape index (κ1) is 20.5. The van der Waals surface area contributed by atoms with Crippen LogP contribution in [0.3, 0.4) is 0 Å². The van der Waals surface area contributed by atoms with Gasteiger partial charge in [0.15, 0.2) is 0 Å².